The highest BCUT2D eigenvalue weighted by atomic mass is 32.2. The lowest BCUT2D eigenvalue weighted by Gasteiger charge is -2.31. The molecule has 1 saturated heterocycles. The Kier molecular flexibility index (Phi) is 8.31. The molecule has 2 N–H and O–H groups in total. The maximum atomic E-state index is 12.8. The highest BCUT2D eigenvalue weighted by Crippen LogP contribution is 2.20. The smallest absolute Gasteiger partial charge is 0.243 e. The first-order valence-electron chi connectivity index (χ1n) is 10.9. The highest BCUT2D eigenvalue weighted by Gasteiger charge is 2.27. The van der Waals surface area contributed by atoms with Gasteiger partial charge in [0.15, 0.2) is 0 Å². The zero-order valence-corrected chi connectivity index (χ0v) is 21.0. The van der Waals surface area contributed by atoms with Crippen LogP contribution in [0, 0.1) is 0 Å². The summed E-state index contributed by atoms with van der Waals surface area (Å²) in [6.45, 7) is 5.88. The molecule has 1 atom stereocenters. The number of rotatable bonds is 9. The topological polar surface area (TPSA) is 125 Å². The van der Waals surface area contributed by atoms with E-state index in [1.807, 2.05) is 14.0 Å². The summed E-state index contributed by atoms with van der Waals surface area (Å²) >= 11 is 0. The van der Waals surface area contributed by atoms with Crippen LogP contribution in [0.2, 0.25) is 0 Å². The van der Waals surface area contributed by atoms with E-state index in [9.17, 15) is 21.6 Å². The number of anilines is 1. The van der Waals surface area contributed by atoms with Gasteiger partial charge in [0, 0.05) is 31.9 Å². The second-order valence-electron chi connectivity index (χ2n) is 7.97. The number of carbonyl (C=O) groups is 1. The van der Waals surface area contributed by atoms with Gasteiger partial charge in [-0.25, -0.2) is 16.8 Å². The SMILES string of the molecule is CCOc1ccc(S(=O)(=O)NC(C)C(=O)Nc2ccc(S(=O)(=O)N3CCN(C)CC3)cc2)cc1. The number of ether oxygens (including phenoxy) is 1. The van der Waals surface area contributed by atoms with Crippen LogP contribution in [0.4, 0.5) is 5.69 Å². The average Bonchev–Trinajstić information content (AvgIpc) is 2.80. The first kappa shape index (κ1) is 26.1. The maximum Gasteiger partial charge on any atom is 0.243 e. The lowest BCUT2D eigenvalue weighted by molar-refractivity contribution is -0.117. The van der Waals surface area contributed by atoms with Gasteiger partial charge < -0.3 is 15.0 Å². The number of hydrogen-bond acceptors (Lipinski definition) is 7. The van der Waals surface area contributed by atoms with Crippen LogP contribution in [0.5, 0.6) is 5.75 Å². The molecule has 0 bridgehead atoms. The number of nitrogens with zero attached hydrogens (tertiary/aromatic N) is 2. The van der Waals surface area contributed by atoms with Crippen molar-refractivity contribution in [2.45, 2.75) is 29.7 Å². The van der Waals surface area contributed by atoms with Crippen molar-refractivity contribution in [1.82, 2.24) is 13.9 Å². The Morgan fingerprint density at radius 2 is 1.50 bits per heavy atom. The summed E-state index contributed by atoms with van der Waals surface area (Å²) in [7, 11) is -5.60. The van der Waals surface area contributed by atoms with Crippen molar-refractivity contribution in [3.05, 3.63) is 48.5 Å². The van der Waals surface area contributed by atoms with Crippen LogP contribution in [-0.4, -0.2) is 77.8 Å². The molecule has 0 aromatic heterocycles. The van der Waals surface area contributed by atoms with Gasteiger partial charge in [0.25, 0.3) is 0 Å². The van der Waals surface area contributed by atoms with Gasteiger partial charge >= 0.3 is 0 Å². The fourth-order valence-corrected chi connectivity index (χ4v) is 6.00. The summed E-state index contributed by atoms with van der Waals surface area (Å²) < 4.78 is 59.9. The molecule has 12 heteroatoms. The maximum absolute atomic E-state index is 12.8. The van der Waals surface area contributed by atoms with Gasteiger partial charge in [0.1, 0.15) is 5.75 Å². The van der Waals surface area contributed by atoms with Gasteiger partial charge in [0.05, 0.1) is 22.4 Å². The van der Waals surface area contributed by atoms with E-state index < -0.39 is 32.0 Å². The fourth-order valence-electron chi connectivity index (χ4n) is 3.37. The first-order chi connectivity index (χ1) is 16.0. The third-order valence-corrected chi connectivity index (χ3v) is 8.86. The van der Waals surface area contributed by atoms with Crippen molar-refractivity contribution in [3.63, 3.8) is 0 Å². The molecule has 0 saturated carbocycles. The van der Waals surface area contributed by atoms with Crippen molar-refractivity contribution in [2.24, 2.45) is 0 Å². The number of likely N-dealkylation sites (N-methyl/N-ethyl adjacent to an activating group) is 1. The number of hydrogen-bond donors (Lipinski definition) is 2. The predicted molar refractivity (Wildman–Crippen MR) is 129 cm³/mol. The molecule has 1 aliphatic rings. The molecular formula is C22H30N4O6S2. The molecule has 1 aliphatic heterocycles. The minimum absolute atomic E-state index is 0.00840. The third-order valence-electron chi connectivity index (χ3n) is 5.39. The van der Waals surface area contributed by atoms with Crippen molar-refractivity contribution in [1.29, 1.82) is 0 Å². The highest BCUT2D eigenvalue weighted by molar-refractivity contribution is 7.89. The molecule has 2 aromatic carbocycles. The molecule has 2 aromatic rings. The fraction of sp³-hybridized carbons (Fsp3) is 0.409. The van der Waals surface area contributed by atoms with E-state index in [2.05, 4.69) is 14.9 Å². The summed E-state index contributed by atoms with van der Waals surface area (Å²) in [5.74, 6) is -0.0329. The molecule has 186 valence electrons. The number of carbonyl (C=O) groups excluding carboxylic acids is 1. The van der Waals surface area contributed by atoms with Crippen molar-refractivity contribution >= 4 is 31.6 Å². The van der Waals surface area contributed by atoms with E-state index in [4.69, 9.17) is 4.74 Å². The Balaban J connectivity index is 1.61. The summed E-state index contributed by atoms with van der Waals surface area (Å²) in [5.41, 5.74) is 0.356. The number of benzene rings is 2. The van der Waals surface area contributed by atoms with Crippen LogP contribution in [0.15, 0.2) is 58.3 Å². The average molecular weight is 511 g/mol. The van der Waals surface area contributed by atoms with E-state index in [0.29, 0.717) is 44.2 Å². The van der Waals surface area contributed by atoms with Crippen molar-refractivity contribution in [2.75, 3.05) is 45.2 Å². The van der Waals surface area contributed by atoms with Crippen LogP contribution in [0.3, 0.4) is 0 Å². The molecule has 10 nitrogen and oxygen atoms in total. The van der Waals surface area contributed by atoms with Gasteiger partial charge in [0.2, 0.25) is 26.0 Å². The largest absolute Gasteiger partial charge is 0.494 e. The summed E-state index contributed by atoms with van der Waals surface area (Å²) in [6.07, 6.45) is 0. The lowest BCUT2D eigenvalue weighted by Crippen LogP contribution is -2.47. The van der Waals surface area contributed by atoms with E-state index in [0.717, 1.165) is 0 Å². The van der Waals surface area contributed by atoms with Crippen LogP contribution < -0.4 is 14.8 Å². The quantitative estimate of drug-likeness (QED) is 0.521. The summed E-state index contributed by atoms with van der Waals surface area (Å²) in [6, 6.07) is 10.6. The van der Waals surface area contributed by atoms with Crippen molar-refractivity contribution < 1.29 is 26.4 Å². The molecular weight excluding hydrogens is 480 g/mol. The Morgan fingerprint density at radius 3 is 2.06 bits per heavy atom. The molecule has 0 aliphatic carbocycles. The lowest BCUT2D eigenvalue weighted by atomic mass is 10.3. The van der Waals surface area contributed by atoms with Gasteiger partial charge in [-0.2, -0.15) is 9.03 Å². The van der Waals surface area contributed by atoms with Gasteiger partial charge in [-0.15, -0.1) is 0 Å². The van der Waals surface area contributed by atoms with Crippen molar-refractivity contribution in [3.8, 4) is 5.75 Å². The zero-order chi connectivity index (χ0) is 24.9. The second kappa shape index (κ2) is 10.8. The number of nitrogens with one attached hydrogen (secondary N) is 2. The molecule has 34 heavy (non-hydrogen) atoms. The summed E-state index contributed by atoms with van der Waals surface area (Å²) in [4.78, 5) is 14.7. The minimum Gasteiger partial charge on any atom is -0.494 e. The monoisotopic (exact) mass is 510 g/mol. The Labute approximate surface area is 201 Å². The Morgan fingerprint density at radius 1 is 0.941 bits per heavy atom. The number of piperazine rings is 1. The molecule has 1 unspecified atom stereocenters. The van der Waals surface area contributed by atoms with E-state index in [1.54, 1.807) is 12.1 Å². The standard InChI is InChI=1S/C22H30N4O6S2/c1-4-32-19-7-11-20(12-8-19)33(28,29)24-17(2)22(27)23-18-5-9-21(10-6-18)34(30,31)26-15-13-25(3)14-16-26/h5-12,17,24H,4,13-16H2,1-3H3,(H,23,27). The zero-order valence-electron chi connectivity index (χ0n) is 19.4. The Hall–Kier alpha value is -2.51. The molecule has 3 rings (SSSR count). The van der Waals surface area contributed by atoms with Crippen LogP contribution in [0.25, 0.3) is 0 Å². The van der Waals surface area contributed by atoms with Crippen LogP contribution >= 0.6 is 0 Å². The third kappa shape index (κ3) is 6.33. The molecule has 0 radical (unpaired) electrons. The molecule has 1 amide bonds. The van der Waals surface area contributed by atoms with E-state index in [1.165, 1.54) is 47.6 Å². The minimum atomic E-state index is -3.93. The Bertz CT molecular complexity index is 1190. The first-order valence-corrected chi connectivity index (χ1v) is 13.8. The molecule has 1 fully saturated rings. The van der Waals surface area contributed by atoms with E-state index in [-0.39, 0.29) is 9.79 Å². The number of sulfonamides is 2. The van der Waals surface area contributed by atoms with Gasteiger partial charge in [-0.3, -0.25) is 4.79 Å². The van der Waals surface area contributed by atoms with Gasteiger partial charge in [-0.05, 0) is 69.4 Å². The second-order valence-corrected chi connectivity index (χ2v) is 11.6. The normalized spacial score (nSPS) is 16.7. The number of amides is 1. The van der Waals surface area contributed by atoms with Crippen LogP contribution in [-0.2, 0) is 24.8 Å². The van der Waals surface area contributed by atoms with Crippen LogP contribution in [0.1, 0.15) is 13.8 Å². The predicted octanol–water partition coefficient (Wildman–Crippen LogP) is 1.33. The van der Waals surface area contributed by atoms with Gasteiger partial charge in [-0.1, -0.05) is 0 Å². The molecule has 1 heterocycles. The molecule has 0 spiro atoms. The summed E-state index contributed by atoms with van der Waals surface area (Å²) in [5, 5.41) is 2.60. The van der Waals surface area contributed by atoms with E-state index >= 15 is 0 Å².